The van der Waals surface area contributed by atoms with Crippen LogP contribution in [0, 0.1) is 11.8 Å². The number of ketones is 2. The van der Waals surface area contributed by atoms with Crippen molar-refractivity contribution in [3.63, 3.8) is 0 Å². The largest absolute Gasteiger partial charge is 0.490 e. The number of nitrogen functional groups attached to an aromatic ring is 1. The molecule has 0 saturated carbocycles. The van der Waals surface area contributed by atoms with Crippen molar-refractivity contribution < 1.29 is 109 Å². The predicted molar refractivity (Wildman–Crippen MR) is 224 cm³/mol. The Morgan fingerprint density at radius 1 is 0.910 bits per heavy atom. The monoisotopic (exact) mass is 1050 g/mol. The lowest BCUT2D eigenvalue weighted by molar-refractivity contribution is -0.233. The number of nitrogens with zero attached hydrogens (tertiary/aromatic N) is 6. The summed E-state index contributed by atoms with van der Waals surface area (Å²) in [5.74, 6) is -10.2. The fourth-order valence-corrected chi connectivity index (χ4v) is 7.04. The molecular formula is C33H45F3N8O19S4. The average molecular weight is 1050 g/mol. The number of rotatable bonds is 19. The van der Waals surface area contributed by atoms with Crippen molar-refractivity contribution in [3.8, 4) is 0 Å². The quantitative estimate of drug-likeness (QED) is 0.0384. The van der Waals surface area contributed by atoms with E-state index in [1.165, 1.54) is 10.8 Å². The number of esters is 1. The first-order chi connectivity index (χ1) is 32.9. The number of carboxylic acid groups (broad SMARTS) is 2. The number of β-lactam (4-membered cyclic amide) rings is 1. The van der Waals surface area contributed by atoms with Gasteiger partial charge in [-0.3, -0.25) is 23.5 Å². The molecule has 4 rings (SSSR count). The Balaban J connectivity index is 0.000000447. The van der Waals surface area contributed by atoms with Gasteiger partial charge in [0, 0.05) is 56.9 Å². The first kappa shape index (κ1) is 48.0. The van der Waals surface area contributed by atoms with Crippen molar-refractivity contribution in [3.05, 3.63) is 22.1 Å². The van der Waals surface area contributed by atoms with Gasteiger partial charge < -0.3 is 35.7 Å². The molecule has 27 nitrogen and oxygen atoms in total. The molecule has 2 aromatic heterocycles. The fraction of sp³-hybridized carbons (Fsp3) is 0.576. The summed E-state index contributed by atoms with van der Waals surface area (Å²) in [5.41, 5.74) is -0.212. The van der Waals surface area contributed by atoms with Gasteiger partial charge in [-0.05, 0) is 48.3 Å². The van der Waals surface area contributed by atoms with Gasteiger partial charge in [-0.1, -0.05) is 10.3 Å². The molecule has 0 bridgehead atoms. The minimum absolute atomic E-state index is 0.00501. The van der Waals surface area contributed by atoms with E-state index in [1.807, 2.05) is 0 Å². The van der Waals surface area contributed by atoms with Crippen LogP contribution in [0.15, 0.2) is 21.1 Å². The molecule has 7 N–H and O–H groups in total. The molecule has 376 valence electrons. The highest BCUT2D eigenvalue weighted by Gasteiger charge is 2.58. The zero-order valence-corrected chi connectivity index (χ0v) is 38.6. The van der Waals surface area contributed by atoms with Gasteiger partial charge in [-0.25, -0.2) is 24.4 Å². The van der Waals surface area contributed by atoms with Gasteiger partial charge in [-0.15, -0.1) is 27.0 Å². The van der Waals surface area contributed by atoms with Gasteiger partial charge in [0.2, 0.25) is 13.2 Å². The van der Waals surface area contributed by atoms with E-state index in [2.05, 4.69) is 39.0 Å². The lowest BCUT2D eigenvalue weighted by atomic mass is 9.74. The van der Waals surface area contributed by atoms with Gasteiger partial charge >= 0.3 is 44.9 Å². The molecule has 1 amide bonds. The number of carboxylic acids is 2. The van der Waals surface area contributed by atoms with E-state index >= 15 is 0 Å². The van der Waals surface area contributed by atoms with Crippen LogP contribution in [-0.2, 0) is 72.5 Å². The van der Waals surface area contributed by atoms with Crippen LogP contribution in [0.4, 0.5) is 23.4 Å². The molecule has 0 unspecified atom stereocenters. The zero-order valence-electron chi connectivity index (χ0n) is 41.3. The molecule has 2 fully saturated rings. The predicted octanol–water partition coefficient (Wildman–Crippen LogP) is 1.75. The molecule has 2 aromatic rings. The van der Waals surface area contributed by atoms with Crippen LogP contribution in [0.3, 0.4) is 0 Å². The summed E-state index contributed by atoms with van der Waals surface area (Å²) in [6.45, 7) is -0.509. The molecule has 34 heteroatoms. The summed E-state index contributed by atoms with van der Waals surface area (Å²) in [7, 11) is -8.62. The maximum atomic E-state index is 13.2. The smallest absolute Gasteiger partial charge is 0.479 e. The number of halogens is 3. The highest BCUT2D eigenvalue weighted by molar-refractivity contribution is 7.81. The van der Waals surface area contributed by atoms with Crippen LogP contribution in [0.1, 0.15) is 80.8 Å². The van der Waals surface area contributed by atoms with E-state index in [0.29, 0.717) is 10.2 Å². The fourth-order valence-electron chi connectivity index (χ4n) is 4.97. The number of aliphatic carboxylic acids is 2. The number of anilines is 2. The molecule has 2 aliphatic heterocycles. The molecule has 67 heavy (non-hydrogen) atoms. The Morgan fingerprint density at radius 3 is 1.85 bits per heavy atom. The number of nitrogens with one attached hydrogen (secondary N) is 1. The number of ether oxygens (including phenoxy) is 1. The number of alkyl halides is 3. The van der Waals surface area contributed by atoms with Gasteiger partial charge in [-0.2, -0.15) is 44.4 Å². The third-order valence-electron chi connectivity index (χ3n) is 8.07. The number of amides is 1. The number of thiazole rings is 2. The Morgan fingerprint density at radius 2 is 1.42 bits per heavy atom. The lowest BCUT2D eigenvalue weighted by Crippen LogP contribution is -2.68. The number of Topliss-reactive ketones (excluding diaryl/α,β-unsaturated/α-hetero) is 2. The SMILES string of the molecule is O=C(O)C(F)(F)F.[2H]C([2H])([2H])[C@@]1(C)[C@H](CC(=O)/C(=N\OCC(=O)O)c2csc(N)n2)CN1OS(=O)(=O)O.[2H]C([2H])([2H])[C@@]1(C)[C@H](CC(=O)/C(=N\OCC(=O)OC(C)(C)C)c2csc(NC)n2)C(=O)N1OS(=O)(=O)O. The maximum Gasteiger partial charge on any atom is 0.490 e. The van der Waals surface area contributed by atoms with Crippen molar-refractivity contribution in [1.82, 2.24) is 20.1 Å². The van der Waals surface area contributed by atoms with Crippen molar-refractivity contribution in [2.45, 2.75) is 84.0 Å². The summed E-state index contributed by atoms with van der Waals surface area (Å²) in [5, 5.41) is 29.6. The summed E-state index contributed by atoms with van der Waals surface area (Å²) in [6.07, 6.45) is -6.27. The normalized spacial score (nSPS) is 23.0. The number of oxime groups is 2. The number of aromatic nitrogens is 2. The number of hydrogen-bond donors (Lipinski definition) is 6. The second kappa shape index (κ2) is 22.5. The summed E-state index contributed by atoms with van der Waals surface area (Å²) in [4.78, 5) is 87.5. The summed E-state index contributed by atoms with van der Waals surface area (Å²) in [6, 6.07) is 0. The molecule has 0 spiro atoms. The lowest BCUT2D eigenvalue weighted by Gasteiger charge is -2.52. The van der Waals surface area contributed by atoms with Gasteiger partial charge in [0.15, 0.2) is 33.3 Å². The third-order valence-corrected chi connectivity index (χ3v) is 10.3. The van der Waals surface area contributed by atoms with Crippen molar-refractivity contribution >= 4 is 101 Å². The molecule has 2 aliphatic rings. The molecule has 0 aliphatic carbocycles. The minimum Gasteiger partial charge on any atom is -0.479 e. The number of carbonyl (C=O) groups excluding carboxylic acids is 4. The first-order valence-electron chi connectivity index (χ1n) is 20.9. The number of hydroxylamine groups is 4. The average Bonchev–Trinajstić information content (AvgIpc) is 3.88. The maximum absolute atomic E-state index is 13.2. The van der Waals surface area contributed by atoms with Gasteiger partial charge in [0.25, 0.3) is 5.91 Å². The van der Waals surface area contributed by atoms with Crippen molar-refractivity contribution in [2.24, 2.45) is 22.1 Å². The van der Waals surface area contributed by atoms with E-state index in [9.17, 15) is 54.0 Å². The standard InChI is InChI=1S/C18H26N4O9S2.C13H18N4O8S2.C2HF3O2/c1-17(2,3)30-13(24)8-29-21-14(11-9-32-16(19-6)20-11)12(23)7-10-15(25)22(18(10,4)5)31-33(26,27)28;1-13(2)7(4-17(13)25-27(21,22)23)3-9(18)11(16-24-5-10(19)20)8-6-26-12(14)15-8;3-2(4,5)1(6)7/h9-10H,7-8H2,1-6H3,(H,19,20)(H,26,27,28);6-7H,3-5H2,1-2H3,(H2,14,15)(H,19,20)(H,21,22,23);(H,6,7)/b21-14-;16-11-;/t10-;7-;/m11./s1/i4D3;1D3;/t10-,18-;7-,13-;. The Labute approximate surface area is 395 Å². The molecule has 0 radical (unpaired) electrons. The number of carbonyl (C=O) groups is 6. The second-order valence-corrected chi connectivity index (χ2v) is 18.3. The van der Waals surface area contributed by atoms with Crippen molar-refractivity contribution in [1.29, 1.82) is 0 Å². The molecular weight excluding hydrogens is 998 g/mol. The number of nitrogens with two attached hydrogens (primary N) is 1. The summed E-state index contributed by atoms with van der Waals surface area (Å²) < 4.78 is 154. The highest BCUT2D eigenvalue weighted by Crippen LogP contribution is 2.41. The minimum atomic E-state index is -5.23. The van der Waals surface area contributed by atoms with Crippen LogP contribution < -0.4 is 11.1 Å². The van der Waals surface area contributed by atoms with Gasteiger partial charge in [0.1, 0.15) is 17.0 Å². The first-order valence-corrected chi connectivity index (χ1v) is 22.4. The van der Waals surface area contributed by atoms with E-state index < -0.39 is 136 Å². The van der Waals surface area contributed by atoms with Crippen LogP contribution in [0.5, 0.6) is 0 Å². The van der Waals surface area contributed by atoms with E-state index in [0.717, 1.165) is 36.5 Å². The van der Waals surface area contributed by atoms with Gasteiger partial charge in [0.05, 0.1) is 11.5 Å². The third kappa shape index (κ3) is 17.9. The topological polar surface area (TPSA) is 393 Å². The Kier molecular flexibility index (Phi) is 16.1. The number of hydrogen-bond acceptors (Lipinski definition) is 24. The zero-order chi connectivity index (χ0) is 56.7. The highest BCUT2D eigenvalue weighted by atomic mass is 32.3. The molecule has 0 aromatic carbocycles. The van der Waals surface area contributed by atoms with E-state index in [4.69, 9.17) is 47.6 Å². The summed E-state index contributed by atoms with van der Waals surface area (Å²) >= 11 is 2.10. The van der Waals surface area contributed by atoms with Crippen LogP contribution >= 0.6 is 22.7 Å². The van der Waals surface area contributed by atoms with E-state index in [1.54, 1.807) is 27.8 Å². The van der Waals surface area contributed by atoms with Crippen LogP contribution in [0.2, 0.25) is 0 Å². The molecule has 4 atom stereocenters. The second-order valence-electron chi connectivity index (χ2n) is 14.6. The Hall–Kier alpha value is -5.49. The van der Waals surface area contributed by atoms with Crippen LogP contribution in [0.25, 0.3) is 0 Å². The molecule has 4 heterocycles. The van der Waals surface area contributed by atoms with Crippen LogP contribution in [-0.4, -0.2) is 153 Å². The molecule has 2 saturated heterocycles. The van der Waals surface area contributed by atoms with Crippen molar-refractivity contribution in [2.75, 3.05) is 37.9 Å². The Bertz CT molecular complexity index is 2680. The van der Waals surface area contributed by atoms with E-state index in [-0.39, 0.29) is 33.8 Å².